The summed E-state index contributed by atoms with van der Waals surface area (Å²) in [5, 5.41) is 0. The Labute approximate surface area is 112 Å². The van der Waals surface area contributed by atoms with Gasteiger partial charge in [0.2, 0.25) is 0 Å². The fourth-order valence-electron chi connectivity index (χ4n) is 1.00. The Morgan fingerprint density at radius 1 is 1.15 bits per heavy atom. The normalized spacial score (nSPS) is 12.8. The zero-order valence-corrected chi connectivity index (χ0v) is 11.1. The van der Waals surface area contributed by atoms with Gasteiger partial charge in [-0.25, -0.2) is 0 Å². The standard InChI is InChI=1S/C9H7F3O6S2/c1-2-17-19(13,14)8-5-3-4-7(6-8)18-20(15,16)9(10,11)12/h2-6H,1H2. The van der Waals surface area contributed by atoms with Crippen LogP contribution in [0, 0.1) is 0 Å². The van der Waals surface area contributed by atoms with Crippen molar-refractivity contribution in [1.82, 2.24) is 0 Å². The molecular formula is C9H7F3O6S2. The van der Waals surface area contributed by atoms with Gasteiger partial charge >= 0.3 is 25.7 Å². The average Bonchev–Trinajstić information content (AvgIpc) is 2.27. The lowest BCUT2D eigenvalue weighted by molar-refractivity contribution is -0.0500. The molecule has 0 fully saturated rings. The maximum atomic E-state index is 12.1. The molecule has 0 bridgehead atoms. The monoisotopic (exact) mass is 332 g/mol. The molecule has 0 aliphatic rings. The van der Waals surface area contributed by atoms with Gasteiger partial charge in [0.15, 0.2) is 0 Å². The third kappa shape index (κ3) is 3.63. The van der Waals surface area contributed by atoms with E-state index < -0.39 is 36.4 Å². The lowest BCUT2D eigenvalue weighted by atomic mass is 10.3. The summed E-state index contributed by atoms with van der Waals surface area (Å²) in [6.07, 6.45) is 0.593. The molecule has 0 aromatic heterocycles. The van der Waals surface area contributed by atoms with E-state index in [9.17, 15) is 30.0 Å². The molecule has 0 heterocycles. The Bertz CT molecular complexity index is 705. The molecule has 11 heteroatoms. The topological polar surface area (TPSA) is 86.7 Å². The number of hydrogen-bond acceptors (Lipinski definition) is 6. The quantitative estimate of drug-likeness (QED) is 0.464. The SMILES string of the molecule is C=COS(=O)(=O)c1cccc(OS(=O)(=O)C(F)(F)F)c1. The second-order valence-electron chi connectivity index (χ2n) is 3.18. The van der Waals surface area contributed by atoms with E-state index >= 15 is 0 Å². The van der Waals surface area contributed by atoms with Crippen molar-refractivity contribution in [3.63, 3.8) is 0 Å². The van der Waals surface area contributed by atoms with E-state index in [1.54, 1.807) is 0 Å². The molecule has 0 atom stereocenters. The second kappa shape index (κ2) is 5.32. The van der Waals surface area contributed by atoms with Gasteiger partial charge < -0.3 is 8.37 Å². The van der Waals surface area contributed by atoms with Gasteiger partial charge in [-0.2, -0.15) is 30.0 Å². The van der Waals surface area contributed by atoms with Gasteiger partial charge in [0.25, 0.3) is 0 Å². The van der Waals surface area contributed by atoms with Crippen LogP contribution in [0.15, 0.2) is 42.0 Å². The van der Waals surface area contributed by atoms with Crippen LogP contribution in [0.3, 0.4) is 0 Å². The van der Waals surface area contributed by atoms with Crippen molar-refractivity contribution >= 4 is 20.2 Å². The summed E-state index contributed by atoms with van der Waals surface area (Å²) in [6, 6.07) is 3.38. The van der Waals surface area contributed by atoms with Crippen LogP contribution < -0.4 is 4.18 Å². The Morgan fingerprint density at radius 3 is 2.25 bits per heavy atom. The van der Waals surface area contributed by atoms with Crippen molar-refractivity contribution in [3.8, 4) is 5.75 Å². The molecular weight excluding hydrogens is 325 g/mol. The smallest absolute Gasteiger partial charge is 0.388 e. The molecule has 0 aliphatic carbocycles. The van der Waals surface area contributed by atoms with E-state index in [-0.39, 0.29) is 0 Å². The predicted octanol–water partition coefficient (Wildman–Crippen LogP) is 1.76. The first kappa shape index (κ1) is 16.3. The lowest BCUT2D eigenvalue weighted by Crippen LogP contribution is -2.28. The average molecular weight is 332 g/mol. The van der Waals surface area contributed by atoms with Crippen LogP contribution in [-0.2, 0) is 24.4 Å². The maximum Gasteiger partial charge on any atom is 0.534 e. The van der Waals surface area contributed by atoms with E-state index in [1.807, 2.05) is 0 Å². The fraction of sp³-hybridized carbons (Fsp3) is 0.111. The van der Waals surface area contributed by atoms with Gasteiger partial charge in [-0.3, -0.25) is 0 Å². The first-order valence-corrected chi connectivity index (χ1v) is 7.46. The van der Waals surface area contributed by atoms with E-state index in [4.69, 9.17) is 0 Å². The minimum atomic E-state index is -5.88. The Balaban J connectivity index is 3.17. The van der Waals surface area contributed by atoms with Crippen molar-refractivity contribution in [2.75, 3.05) is 0 Å². The maximum absolute atomic E-state index is 12.1. The molecule has 1 aromatic carbocycles. The second-order valence-corrected chi connectivity index (χ2v) is 6.29. The summed E-state index contributed by atoms with van der Waals surface area (Å²) in [7, 11) is -10.2. The molecule has 0 saturated carbocycles. The van der Waals surface area contributed by atoms with Crippen molar-refractivity contribution < 1.29 is 38.4 Å². The van der Waals surface area contributed by atoms with Crippen LogP contribution in [0.2, 0.25) is 0 Å². The third-order valence-corrected chi connectivity index (χ3v) is 3.98. The van der Waals surface area contributed by atoms with Gasteiger partial charge in [-0.15, -0.1) is 0 Å². The minimum Gasteiger partial charge on any atom is -0.388 e. The van der Waals surface area contributed by atoms with Crippen LogP contribution in [0.1, 0.15) is 0 Å². The highest BCUT2D eigenvalue weighted by molar-refractivity contribution is 7.88. The first-order valence-electron chi connectivity index (χ1n) is 4.64. The van der Waals surface area contributed by atoms with E-state index in [0.717, 1.165) is 18.2 Å². The summed E-state index contributed by atoms with van der Waals surface area (Å²) in [4.78, 5) is -0.590. The summed E-state index contributed by atoms with van der Waals surface area (Å²) in [5.41, 5.74) is -5.63. The highest BCUT2D eigenvalue weighted by Gasteiger charge is 2.48. The molecule has 0 amide bonds. The Kier molecular flexibility index (Phi) is 4.34. The fourth-order valence-corrected chi connectivity index (χ4v) is 2.25. The molecule has 6 nitrogen and oxygen atoms in total. The molecule has 0 radical (unpaired) electrons. The minimum absolute atomic E-state index is 0.572. The van der Waals surface area contributed by atoms with Crippen LogP contribution in [0.5, 0.6) is 5.75 Å². The van der Waals surface area contributed by atoms with E-state index in [0.29, 0.717) is 12.3 Å². The summed E-state index contributed by atoms with van der Waals surface area (Å²) < 4.78 is 88.7. The van der Waals surface area contributed by atoms with Crippen LogP contribution in [-0.4, -0.2) is 22.3 Å². The number of rotatable bonds is 5. The summed E-state index contributed by atoms with van der Waals surface area (Å²) in [6.45, 7) is 3.01. The van der Waals surface area contributed by atoms with Crippen LogP contribution in [0.4, 0.5) is 13.2 Å². The summed E-state index contributed by atoms with van der Waals surface area (Å²) in [5.74, 6) is -0.823. The van der Waals surface area contributed by atoms with Crippen molar-refractivity contribution in [2.45, 2.75) is 10.4 Å². The van der Waals surface area contributed by atoms with Gasteiger partial charge in [-0.1, -0.05) is 12.6 Å². The first-order chi connectivity index (χ1) is 8.99. The molecule has 0 spiro atoms. The van der Waals surface area contributed by atoms with Crippen molar-refractivity contribution in [1.29, 1.82) is 0 Å². The van der Waals surface area contributed by atoms with Crippen molar-refractivity contribution in [2.24, 2.45) is 0 Å². The van der Waals surface area contributed by atoms with Gasteiger partial charge in [-0.05, 0) is 12.1 Å². The van der Waals surface area contributed by atoms with Gasteiger partial charge in [0, 0.05) is 6.07 Å². The Morgan fingerprint density at radius 2 is 1.75 bits per heavy atom. The molecule has 0 N–H and O–H groups in total. The van der Waals surface area contributed by atoms with Gasteiger partial charge in [0.1, 0.15) is 10.6 Å². The predicted molar refractivity (Wildman–Crippen MR) is 60.5 cm³/mol. The van der Waals surface area contributed by atoms with Crippen molar-refractivity contribution in [3.05, 3.63) is 37.1 Å². The zero-order chi connectivity index (χ0) is 15.6. The number of halogens is 3. The molecule has 1 rings (SSSR count). The number of benzene rings is 1. The third-order valence-electron chi connectivity index (χ3n) is 1.78. The molecule has 0 saturated heterocycles. The number of alkyl halides is 3. The molecule has 20 heavy (non-hydrogen) atoms. The lowest BCUT2D eigenvalue weighted by Gasteiger charge is -2.10. The summed E-state index contributed by atoms with van der Waals surface area (Å²) >= 11 is 0. The Hall–Kier alpha value is -1.75. The molecule has 0 unspecified atom stereocenters. The van der Waals surface area contributed by atoms with Crippen LogP contribution >= 0.6 is 0 Å². The zero-order valence-electron chi connectivity index (χ0n) is 9.49. The number of hydrogen-bond donors (Lipinski definition) is 0. The van der Waals surface area contributed by atoms with E-state index in [2.05, 4.69) is 14.9 Å². The highest BCUT2D eigenvalue weighted by atomic mass is 32.2. The van der Waals surface area contributed by atoms with Crippen LogP contribution in [0.25, 0.3) is 0 Å². The van der Waals surface area contributed by atoms with Gasteiger partial charge in [0.05, 0.1) is 6.26 Å². The largest absolute Gasteiger partial charge is 0.534 e. The molecule has 1 aromatic rings. The van der Waals surface area contributed by atoms with E-state index in [1.165, 1.54) is 0 Å². The highest BCUT2D eigenvalue weighted by Crippen LogP contribution is 2.28. The molecule has 0 aliphatic heterocycles. The molecule has 112 valence electrons.